The number of aliphatic carboxylic acids is 1. The van der Waals surface area contributed by atoms with Crippen molar-refractivity contribution in [2.45, 2.75) is 50.7 Å². The van der Waals surface area contributed by atoms with Gasteiger partial charge in [0.2, 0.25) is 11.8 Å². The molecule has 1 unspecified atom stereocenters. The first-order chi connectivity index (χ1) is 11.2. The van der Waals surface area contributed by atoms with Gasteiger partial charge in [0, 0.05) is 12.6 Å². The van der Waals surface area contributed by atoms with Gasteiger partial charge in [-0.25, -0.2) is 4.79 Å². The minimum atomic E-state index is -1.25. The lowest BCUT2D eigenvalue weighted by atomic mass is 10.1. The highest BCUT2D eigenvalue weighted by Crippen LogP contribution is 2.23. The van der Waals surface area contributed by atoms with E-state index in [1.165, 1.54) is 0 Å². The molecule has 1 heterocycles. The number of carbonyl (C=O) groups is 3. The van der Waals surface area contributed by atoms with Crippen LogP contribution in [-0.2, 0) is 23.9 Å². The predicted molar refractivity (Wildman–Crippen MR) is 80.0 cm³/mol. The van der Waals surface area contributed by atoms with E-state index in [0.29, 0.717) is 0 Å². The second kappa shape index (κ2) is 9.52. The average molecular weight is 348 g/mol. The standard InChI is InChI=1S/C14H24N2O8/c1-7(2)16-10(17)3-8-13(21)14(22)9(24-8)4-15-11(18)5-23-6-12(19)20/h7-9,13-14,21-22H,3-6H2,1-2H3,(H,15,18)(H,16,17)(H,19,20)/t8-,9+,13?,14+/m0/s1. The van der Waals surface area contributed by atoms with Crippen molar-refractivity contribution in [3.63, 3.8) is 0 Å². The maximum absolute atomic E-state index is 11.7. The molecule has 0 aliphatic carbocycles. The summed E-state index contributed by atoms with van der Waals surface area (Å²) in [5.74, 6) is -2.08. The molecule has 24 heavy (non-hydrogen) atoms. The van der Waals surface area contributed by atoms with Gasteiger partial charge in [-0.15, -0.1) is 0 Å². The summed E-state index contributed by atoms with van der Waals surface area (Å²) in [6.45, 7) is 2.45. The zero-order valence-electron chi connectivity index (χ0n) is 13.6. The molecular formula is C14H24N2O8. The first-order valence-electron chi connectivity index (χ1n) is 7.58. The van der Waals surface area contributed by atoms with Crippen LogP contribution in [0.3, 0.4) is 0 Å². The van der Waals surface area contributed by atoms with Crippen LogP contribution in [0.15, 0.2) is 0 Å². The minimum Gasteiger partial charge on any atom is -0.480 e. The van der Waals surface area contributed by atoms with Crippen LogP contribution < -0.4 is 10.6 Å². The molecule has 1 aliphatic rings. The first kappa shape index (κ1) is 20.3. The van der Waals surface area contributed by atoms with E-state index < -0.39 is 49.5 Å². The number of carboxylic acids is 1. The van der Waals surface area contributed by atoms with E-state index in [1.807, 2.05) is 0 Å². The van der Waals surface area contributed by atoms with Crippen molar-refractivity contribution in [2.75, 3.05) is 19.8 Å². The van der Waals surface area contributed by atoms with Crippen LogP contribution in [0.2, 0.25) is 0 Å². The number of nitrogens with one attached hydrogen (secondary N) is 2. The summed E-state index contributed by atoms with van der Waals surface area (Å²) < 4.78 is 10.0. The number of hydrogen-bond donors (Lipinski definition) is 5. The number of aliphatic hydroxyl groups excluding tert-OH is 2. The van der Waals surface area contributed by atoms with Crippen molar-refractivity contribution in [3.8, 4) is 0 Å². The van der Waals surface area contributed by atoms with Gasteiger partial charge in [0.1, 0.15) is 31.5 Å². The third kappa shape index (κ3) is 6.79. The highest BCUT2D eigenvalue weighted by atomic mass is 16.5. The minimum absolute atomic E-state index is 0.0538. The van der Waals surface area contributed by atoms with E-state index in [4.69, 9.17) is 9.84 Å². The Kier molecular flexibility index (Phi) is 8.05. The molecule has 5 N–H and O–H groups in total. The molecule has 0 saturated carbocycles. The Morgan fingerprint density at radius 3 is 2.29 bits per heavy atom. The summed E-state index contributed by atoms with van der Waals surface area (Å²) in [6.07, 6.45) is -4.35. The molecule has 0 bridgehead atoms. The van der Waals surface area contributed by atoms with E-state index in [1.54, 1.807) is 13.8 Å². The molecule has 1 rings (SSSR count). The second-order valence-corrected chi connectivity index (χ2v) is 5.81. The zero-order chi connectivity index (χ0) is 18.3. The summed E-state index contributed by atoms with van der Waals surface area (Å²) in [5, 5.41) is 33.3. The van der Waals surface area contributed by atoms with Crippen molar-refractivity contribution in [1.29, 1.82) is 0 Å². The number of hydrogen-bond acceptors (Lipinski definition) is 7. The summed E-state index contributed by atoms with van der Waals surface area (Å²) in [4.78, 5) is 33.4. The number of rotatable bonds is 9. The molecule has 10 nitrogen and oxygen atoms in total. The fraction of sp³-hybridized carbons (Fsp3) is 0.786. The highest BCUT2D eigenvalue weighted by Gasteiger charge is 2.43. The van der Waals surface area contributed by atoms with E-state index in [9.17, 15) is 24.6 Å². The SMILES string of the molecule is CC(C)NC(=O)C[C@@H]1O[C@H](CNC(=O)COCC(=O)O)[C@@H](O)C1O. The van der Waals surface area contributed by atoms with E-state index in [2.05, 4.69) is 15.4 Å². The number of carbonyl (C=O) groups excluding carboxylic acids is 2. The molecule has 0 aromatic rings. The van der Waals surface area contributed by atoms with Gasteiger partial charge in [-0.3, -0.25) is 9.59 Å². The molecular weight excluding hydrogens is 324 g/mol. The summed E-state index contributed by atoms with van der Waals surface area (Å²) in [6, 6.07) is -0.0538. The Balaban J connectivity index is 2.37. The largest absolute Gasteiger partial charge is 0.480 e. The summed E-state index contributed by atoms with van der Waals surface area (Å²) in [7, 11) is 0. The third-order valence-corrected chi connectivity index (χ3v) is 3.26. The number of amides is 2. The van der Waals surface area contributed by atoms with Crippen molar-refractivity contribution < 1.29 is 39.2 Å². The maximum Gasteiger partial charge on any atom is 0.329 e. The van der Waals surface area contributed by atoms with Crippen LogP contribution in [0.25, 0.3) is 0 Å². The van der Waals surface area contributed by atoms with E-state index in [-0.39, 0.29) is 24.9 Å². The zero-order valence-corrected chi connectivity index (χ0v) is 13.6. The summed E-state index contributed by atoms with van der Waals surface area (Å²) in [5.41, 5.74) is 0. The van der Waals surface area contributed by atoms with Crippen molar-refractivity contribution >= 4 is 17.8 Å². The molecule has 10 heteroatoms. The van der Waals surface area contributed by atoms with E-state index >= 15 is 0 Å². The molecule has 0 aromatic heterocycles. The third-order valence-electron chi connectivity index (χ3n) is 3.26. The van der Waals surface area contributed by atoms with Gasteiger partial charge in [-0.1, -0.05) is 0 Å². The fourth-order valence-corrected chi connectivity index (χ4v) is 2.22. The van der Waals surface area contributed by atoms with Gasteiger partial charge in [-0.05, 0) is 13.8 Å². The molecule has 4 atom stereocenters. The Bertz CT molecular complexity index is 456. The van der Waals surface area contributed by atoms with Crippen LogP contribution in [0.1, 0.15) is 20.3 Å². The van der Waals surface area contributed by atoms with Gasteiger partial charge < -0.3 is 35.4 Å². The van der Waals surface area contributed by atoms with Crippen LogP contribution in [0, 0.1) is 0 Å². The molecule has 138 valence electrons. The molecule has 1 aliphatic heterocycles. The average Bonchev–Trinajstić information content (AvgIpc) is 2.72. The van der Waals surface area contributed by atoms with Crippen LogP contribution in [0.4, 0.5) is 0 Å². The monoisotopic (exact) mass is 348 g/mol. The van der Waals surface area contributed by atoms with Gasteiger partial charge in [0.05, 0.1) is 12.5 Å². The van der Waals surface area contributed by atoms with Crippen molar-refractivity contribution in [2.24, 2.45) is 0 Å². The highest BCUT2D eigenvalue weighted by molar-refractivity contribution is 5.78. The van der Waals surface area contributed by atoms with Gasteiger partial charge in [0.15, 0.2) is 0 Å². The Labute approximate surface area is 139 Å². The van der Waals surface area contributed by atoms with Gasteiger partial charge >= 0.3 is 5.97 Å². The first-order valence-corrected chi connectivity index (χ1v) is 7.58. The normalized spacial score (nSPS) is 26.4. The lowest BCUT2D eigenvalue weighted by Gasteiger charge is -2.15. The molecule has 0 aromatic carbocycles. The lowest BCUT2D eigenvalue weighted by molar-refractivity contribution is -0.143. The Morgan fingerprint density at radius 1 is 1.08 bits per heavy atom. The van der Waals surface area contributed by atoms with Gasteiger partial charge in [-0.2, -0.15) is 0 Å². The molecule has 1 saturated heterocycles. The van der Waals surface area contributed by atoms with Crippen molar-refractivity contribution in [1.82, 2.24) is 10.6 Å². The quantitative estimate of drug-likeness (QED) is 0.309. The maximum atomic E-state index is 11.7. The number of ether oxygens (including phenoxy) is 2. The van der Waals surface area contributed by atoms with Crippen molar-refractivity contribution in [3.05, 3.63) is 0 Å². The van der Waals surface area contributed by atoms with Crippen LogP contribution in [0.5, 0.6) is 0 Å². The fourth-order valence-electron chi connectivity index (χ4n) is 2.22. The van der Waals surface area contributed by atoms with Crippen LogP contribution in [-0.4, -0.2) is 83.3 Å². The number of carboxylic acid groups (broad SMARTS) is 1. The second-order valence-electron chi connectivity index (χ2n) is 5.81. The molecule has 0 spiro atoms. The van der Waals surface area contributed by atoms with Gasteiger partial charge in [0.25, 0.3) is 0 Å². The summed E-state index contributed by atoms with van der Waals surface area (Å²) >= 11 is 0. The van der Waals surface area contributed by atoms with Crippen LogP contribution >= 0.6 is 0 Å². The Hall–Kier alpha value is -1.75. The lowest BCUT2D eigenvalue weighted by Crippen LogP contribution is -2.41. The number of aliphatic hydroxyl groups is 2. The Morgan fingerprint density at radius 2 is 1.71 bits per heavy atom. The predicted octanol–water partition coefficient (Wildman–Crippen LogP) is -2.39. The molecule has 1 fully saturated rings. The smallest absolute Gasteiger partial charge is 0.329 e. The molecule has 0 radical (unpaired) electrons. The van der Waals surface area contributed by atoms with E-state index in [0.717, 1.165) is 0 Å². The topological polar surface area (TPSA) is 154 Å². The molecule has 2 amide bonds.